The quantitative estimate of drug-likeness (QED) is 0.439. The van der Waals surface area contributed by atoms with E-state index in [-0.39, 0.29) is 11.7 Å². The molecule has 1 amide bonds. The Morgan fingerprint density at radius 1 is 1.29 bits per heavy atom. The van der Waals surface area contributed by atoms with E-state index in [1.54, 1.807) is 47.7 Å². The number of carboxylic acid groups (broad SMARTS) is 1. The number of halogens is 1. The van der Waals surface area contributed by atoms with Crippen LogP contribution in [0.25, 0.3) is 10.7 Å². The molecule has 0 fully saturated rings. The molecule has 0 aliphatic rings. The van der Waals surface area contributed by atoms with E-state index < -0.39 is 12.0 Å². The van der Waals surface area contributed by atoms with Crippen molar-refractivity contribution in [2.45, 2.75) is 18.1 Å². The average Bonchev–Trinajstić information content (AvgIpc) is 3.42. The first-order chi connectivity index (χ1) is 14.9. The van der Waals surface area contributed by atoms with E-state index >= 15 is 0 Å². The van der Waals surface area contributed by atoms with Crippen molar-refractivity contribution < 1.29 is 19.4 Å². The molecule has 0 spiro atoms. The molecule has 0 aliphatic carbocycles. The van der Waals surface area contributed by atoms with Gasteiger partial charge in [-0.1, -0.05) is 29.4 Å². The molecule has 1 aromatic carbocycles. The maximum atomic E-state index is 12.5. The number of likely N-dealkylation sites (N-methyl/N-ethyl adjacent to an activating group) is 1. The molecule has 0 saturated heterocycles. The summed E-state index contributed by atoms with van der Waals surface area (Å²) in [7, 11) is 1.69. The maximum Gasteiger partial charge on any atom is 0.326 e. The van der Waals surface area contributed by atoms with E-state index in [0.29, 0.717) is 34.9 Å². The van der Waals surface area contributed by atoms with Gasteiger partial charge in [-0.3, -0.25) is 9.36 Å². The highest BCUT2D eigenvalue weighted by Crippen LogP contribution is 2.30. The summed E-state index contributed by atoms with van der Waals surface area (Å²) >= 11 is 8.46. The summed E-state index contributed by atoms with van der Waals surface area (Å²) in [6.45, 7) is 2.30. The van der Waals surface area contributed by atoms with Gasteiger partial charge >= 0.3 is 5.97 Å². The predicted molar refractivity (Wildman–Crippen MR) is 121 cm³/mol. The molecular formula is C20H21ClN4O4S2. The van der Waals surface area contributed by atoms with Crippen LogP contribution in [-0.4, -0.2) is 62.6 Å². The third-order valence-electron chi connectivity index (χ3n) is 4.41. The zero-order valence-electron chi connectivity index (χ0n) is 16.9. The van der Waals surface area contributed by atoms with Crippen LogP contribution in [0.2, 0.25) is 5.02 Å². The Bertz CT molecular complexity index is 1020. The summed E-state index contributed by atoms with van der Waals surface area (Å²) in [6, 6.07) is 9.86. The fourth-order valence-corrected chi connectivity index (χ4v) is 4.39. The molecule has 0 bridgehead atoms. The second-order valence-corrected chi connectivity index (χ2v) is 8.90. The second kappa shape index (κ2) is 10.7. The minimum Gasteiger partial charge on any atom is -0.492 e. The van der Waals surface area contributed by atoms with Crippen molar-refractivity contribution in [2.24, 2.45) is 0 Å². The second-order valence-electron chi connectivity index (χ2n) is 6.57. The molecular weight excluding hydrogens is 460 g/mol. The number of carbonyl (C=O) groups is 2. The van der Waals surface area contributed by atoms with Gasteiger partial charge in [-0.25, -0.2) is 4.79 Å². The fourth-order valence-electron chi connectivity index (χ4n) is 2.60. The number of carboxylic acids is 1. The Balaban J connectivity index is 1.59. The Morgan fingerprint density at radius 2 is 2.03 bits per heavy atom. The lowest BCUT2D eigenvalue weighted by Gasteiger charge is -2.18. The summed E-state index contributed by atoms with van der Waals surface area (Å²) in [4.78, 5) is 26.5. The number of thioether (sulfide) groups is 1. The van der Waals surface area contributed by atoms with Gasteiger partial charge in [-0.15, -0.1) is 21.5 Å². The van der Waals surface area contributed by atoms with Crippen molar-refractivity contribution in [2.75, 3.05) is 26.0 Å². The number of benzene rings is 1. The number of ether oxygens (including phenoxy) is 1. The average molecular weight is 481 g/mol. The predicted octanol–water partition coefficient (Wildman–Crippen LogP) is 3.94. The summed E-state index contributed by atoms with van der Waals surface area (Å²) in [5.74, 6) is 0.134. The van der Waals surface area contributed by atoms with Gasteiger partial charge in [0.05, 0.1) is 17.2 Å². The molecule has 8 nitrogen and oxygen atoms in total. The lowest BCUT2D eigenvalue weighted by atomic mass is 10.3. The first-order valence-corrected chi connectivity index (χ1v) is 11.6. The number of carbonyl (C=O) groups excluding carboxylic acids is 1. The smallest absolute Gasteiger partial charge is 0.326 e. The summed E-state index contributed by atoms with van der Waals surface area (Å²) < 4.78 is 7.17. The van der Waals surface area contributed by atoms with Crippen molar-refractivity contribution in [1.29, 1.82) is 0 Å². The van der Waals surface area contributed by atoms with Gasteiger partial charge in [-0.05, 0) is 42.6 Å². The minimum atomic E-state index is -0.998. The number of hydrogen-bond donors (Lipinski definition) is 1. The van der Waals surface area contributed by atoms with Gasteiger partial charge < -0.3 is 14.7 Å². The van der Waals surface area contributed by atoms with E-state index in [0.717, 1.165) is 16.6 Å². The van der Waals surface area contributed by atoms with E-state index in [1.807, 2.05) is 17.5 Å². The molecule has 0 radical (unpaired) electrons. The van der Waals surface area contributed by atoms with Crippen molar-refractivity contribution >= 4 is 46.6 Å². The number of hydrogen-bond acceptors (Lipinski definition) is 7. The number of aliphatic carboxylic acids is 1. The van der Waals surface area contributed by atoms with Crippen LogP contribution in [0.4, 0.5) is 0 Å². The number of nitrogens with zero attached hydrogens (tertiary/aromatic N) is 4. The largest absolute Gasteiger partial charge is 0.492 e. The molecule has 2 aromatic heterocycles. The topological polar surface area (TPSA) is 97.5 Å². The van der Waals surface area contributed by atoms with Gasteiger partial charge in [-0.2, -0.15) is 0 Å². The van der Waals surface area contributed by atoms with Crippen LogP contribution in [0, 0.1) is 0 Å². The SMILES string of the molecule is C[C@H](C(=O)O)n1c(SCC(=O)N(C)CCOc2ccc(Cl)cc2)nnc1-c1cccs1. The van der Waals surface area contributed by atoms with Crippen LogP contribution >= 0.6 is 34.7 Å². The van der Waals surface area contributed by atoms with Crippen LogP contribution in [0.5, 0.6) is 5.75 Å². The molecule has 2 heterocycles. The number of thiophene rings is 1. The molecule has 3 rings (SSSR count). The van der Waals surface area contributed by atoms with Gasteiger partial charge in [0, 0.05) is 12.1 Å². The highest BCUT2D eigenvalue weighted by Gasteiger charge is 2.25. The first-order valence-electron chi connectivity index (χ1n) is 9.33. The zero-order chi connectivity index (χ0) is 22.4. The van der Waals surface area contributed by atoms with Crippen molar-refractivity contribution in [3.8, 4) is 16.5 Å². The lowest BCUT2D eigenvalue weighted by molar-refractivity contribution is -0.140. The van der Waals surface area contributed by atoms with E-state index in [2.05, 4.69) is 10.2 Å². The Labute approximate surface area is 192 Å². The minimum absolute atomic E-state index is 0.104. The van der Waals surface area contributed by atoms with Crippen LogP contribution in [0.3, 0.4) is 0 Å². The molecule has 1 N–H and O–H groups in total. The Morgan fingerprint density at radius 3 is 2.68 bits per heavy atom. The van der Waals surface area contributed by atoms with Crippen molar-refractivity contribution in [3.63, 3.8) is 0 Å². The highest BCUT2D eigenvalue weighted by atomic mass is 35.5. The van der Waals surface area contributed by atoms with Gasteiger partial charge in [0.25, 0.3) is 0 Å². The number of amides is 1. The summed E-state index contributed by atoms with van der Waals surface area (Å²) in [6.07, 6.45) is 0. The van der Waals surface area contributed by atoms with Crippen molar-refractivity contribution in [3.05, 3.63) is 46.8 Å². The molecule has 3 aromatic rings. The first kappa shape index (κ1) is 23.1. The lowest BCUT2D eigenvalue weighted by Crippen LogP contribution is -2.32. The van der Waals surface area contributed by atoms with Crippen molar-refractivity contribution in [1.82, 2.24) is 19.7 Å². The molecule has 0 aliphatic heterocycles. The van der Waals surface area contributed by atoms with E-state index in [9.17, 15) is 14.7 Å². The molecule has 11 heteroatoms. The fraction of sp³-hybridized carbons (Fsp3) is 0.300. The van der Waals surface area contributed by atoms with Crippen LogP contribution in [0.15, 0.2) is 46.9 Å². The van der Waals surface area contributed by atoms with E-state index in [4.69, 9.17) is 16.3 Å². The maximum absolute atomic E-state index is 12.5. The van der Waals surface area contributed by atoms with Gasteiger partial charge in [0.1, 0.15) is 18.4 Å². The molecule has 1 atom stereocenters. The third-order valence-corrected chi connectivity index (χ3v) is 6.46. The Hall–Kier alpha value is -2.56. The molecule has 164 valence electrons. The normalized spacial score (nSPS) is 11.8. The van der Waals surface area contributed by atoms with Crippen LogP contribution in [0.1, 0.15) is 13.0 Å². The summed E-state index contributed by atoms with van der Waals surface area (Å²) in [5, 5.41) is 20.7. The Kier molecular flexibility index (Phi) is 7.94. The highest BCUT2D eigenvalue weighted by molar-refractivity contribution is 7.99. The third kappa shape index (κ3) is 5.99. The number of aromatic nitrogens is 3. The number of rotatable bonds is 10. The standard InChI is InChI=1S/C20H21ClN4O4S2/c1-13(19(27)28)25-18(16-4-3-11-30-16)22-23-20(25)31-12-17(26)24(2)9-10-29-15-7-5-14(21)6-8-15/h3-8,11,13H,9-10,12H2,1-2H3,(H,27,28)/t13-/m1/s1. The summed E-state index contributed by atoms with van der Waals surface area (Å²) in [5.41, 5.74) is 0. The monoisotopic (exact) mass is 480 g/mol. The van der Waals surface area contributed by atoms with Crippen LogP contribution < -0.4 is 4.74 Å². The van der Waals surface area contributed by atoms with Gasteiger partial charge in [0.15, 0.2) is 11.0 Å². The molecule has 0 saturated carbocycles. The van der Waals surface area contributed by atoms with Gasteiger partial charge in [0.2, 0.25) is 5.91 Å². The van der Waals surface area contributed by atoms with E-state index in [1.165, 1.54) is 11.3 Å². The zero-order valence-corrected chi connectivity index (χ0v) is 19.3. The van der Waals surface area contributed by atoms with Crippen LogP contribution in [-0.2, 0) is 9.59 Å². The molecule has 31 heavy (non-hydrogen) atoms. The molecule has 0 unspecified atom stereocenters.